The van der Waals surface area contributed by atoms with Gasteiger partial charge in [0.05, 0.1) is 16.4 Å². The molecule has 0 amide bonds. The molecule has 2 aromatic heterocycles. The van der Waals surface area contributed by atoms with E-state index in [0.717, 1.165) is 50.1 Å². The van der Waals surface area contributed by atoms with Crippen molar-refractivity contribution in [3.8, 4) is 22.3 Å². The van der Waals surface area contributed by atoms with E-state index in [-0.39, 0.29) is 0 Å². The van der Waals surface area contributed by atoms with E-state index in [1.807, 2.05) is 29.5 Å². The number of fused-ring (bicyclic) bond motifs is 7. The van der Waals surface area contributed by atoms with Gasteiger partial charge in [-0.3, -0.25) is 0 Å². The molecule has 0 saturated heterocycles. The van der Waals surface area contributed by atoms with Crippen molar-refractivity contribution in [3.05, 3.63) is 175 Å². The standard InChI is InChI=1S/C46H28ClNOS/c47-38-15-8-17-42-45(38)37-28-31(22-27-41(37)49-42)33-25-26-39(35-13-5-4-12-34(33)35)48(32-23-20-30(21-24-32)29-10-2-1-3-11-29)40-16-9-19-44-46(40)36-14-6-7-18-43(36)50-44/h1-28H. The van der Waals surface area contributed by atoms with Crippen LogP contribution in [0.5, 0.6) is 0 Å². The van der Waals surface area contributed by atoms with Gasteiger partial charge < -0.3 is 9.32 Å². The zero-order chi connectivity index (χ0) is 33.2. The van der Waals surface area contributed by atoms with E-state index in [2.05, 4.69) is 157 Å². The maximum Gasteiger partial charge on any atom is 0.136 e. The Balaban J connectivity index is 1.21. The third-order valence-electron chi connectivity index (χ3n) is 9.75. The number of anilines is 3. The molecular formula is C46H28ClNOS. The molecule has 0 spiro atoms. The molecule has 0 bridgehead atoms. The minimum Gasteiger partial charge on any atom is -0.456 e. The van der Waals surface area contributed by atoms with Gasteiger partial charge in [0.25, 0.3) is 0 Å². The van der Waals surface area contributed by atoms with Crippen molar-refractivity contribution in [1.29, 1.82) is 0 Å². The van der Waals surface area contributed by atoms with Gasteiger partial charge in [-0.1, -0.05) is 121 Å². The van der Waals surface area contributed by atoms with Crippen LogP contribution < -0.4 is 4.90 Å². The summed E-state index contributed by atoms with van der Waals surface area (Å²) >= 11 is 8.54. The minimum absolute atomic E-state index is 0.697. The highest BCUT2D eigenvalue weighted by molar-refractivity contribution is 7.26. The quantitative estimate of drug-likeness (QED) is 0.180. The van der Waals surface area contributed by atoms with Crippen LogP contribution in [0.2, 0.25) is 5.02 Å². The van der Waals surface area contributed by atoms with Crippen LogP contribution in [-0.2, 0) is 0 Å². The van der Waals surface area contributed by atoms with E-state index in [4.69, 9.17) is 16.0 Å². The van der Waals surface area contributed by atoms with Crippen LogP contribution in [0.3, 0.4) is 0 Å². The molecule has 4 heteroatoms. The topological polar surface area (TPSA) is 16.4 Å². The third kappa shape index (κ3) is 4.63. The molecule has 2 nitrogen and oxygen atoms in total. The normalized spacial score (nSPS) is 11.7. The highest BCUT2D eigenvalue weighted by Gasteiger charge is 2.22. The molecule has 0 N–H and O–H groups in total. The lowest BCUT2D eigenvalue weighted by molar-refractivity contribution is 0.669. The Morgan fingerprint density at radius 3 is 2.00 bits per heavy atom. The number of furan rings is 1. The summed E-state index contributed by atoms with van der Waals surface area (Å²) in [7, 11) is 0. The van der Waals surface area contributed by atoms with Gasteiger partial charge in [0.15, 0.2) is 0 Å². The van der Waals surface area contributed by atoms with Gasteiger partial charge in [0.2, 0.25) is 0 Å². The second-order valence-electron chi connectivity index (χ2n) is 12.6. The molecule has 0 fully saturated rings. The van der Waals surface area contributed by atoms with Crippen LogP contribution in [-0.4, -0.2) is 0 Å². The van der Waals surface area contributed by atoms with E-state index < -0.39 is 0 Å². The highest BCUT2D eigenvalue weighted by atomic mass is 35.5. The van der Waals surface area contributed by atoms with E-state index in [1.165, 1.54) is 42.1 Å². The van der Waals surface area contributed by atoms with E-state index in [1.54, 1.807) is 0 Å². The number of rotatable bonds is 5. The SMILES string of the molecule is Clc1cccc2oc3ccc(-c4ccc(N(c5ccc(-c6ccccc6)cc5)c5cccc6sc7ccccc7c56)c5ccccc45)cc3c12. The summed E-state index contributed by atoms with van der Waals surface area (Å²) in [6.07, 6.45) is 0. The predicted molar refractivity (Wildman–Crippen MR) is 215 cm³/mol. The Morgan fingerprint density at radius 1 is 0.440 bits per heavy atom. The van der Waals surface area contributed by atoms with Crippen molar-refractivity contribution in [2.75, 3.05) is 4.90 Å². The Morgan fingerprint density at radius 2 is 1.14 bits per heavy atom. The fourth-order valence-corrected chi connectivity index (χ4v) is 8.86. The van der Waals surface area contributed by atoms with Gasteiger partial charge in [0, 0.05) is 42.0 Å². The number of thiophene rings is 1. The molecule has 2 heterocycles. The van der Waals surface area contributed by atoms with Crippen molar-refractivity contribution in [1.82, 2.24) is 0 Å². The average molecular weight is 678 g/mol. The largest absolute Gasteiger partial charge is 0.456 e. The predicted octanol–water partition coefficient (Wildman–Crippen LogP) is 14.6. The summed E-state index contributed by atoms with van der Waals surface area (Å²) in [6, 6.07) is 60.5. The van der Waals surface area contributed by atoms with Crippen LogP contribution in [0, 0.1) is 0 Å². The molecule has 0 aliphatic heterocycles. The summed E-state index contributed by atoms with van der Waals surface area (Å²) in [5.74, 6) is 0. The molecule has 10 aromatic rings. The third-order valence-corrected chi connectivity index (χ3v) is 11.2. The van der Waals surface area contributed by atoms with Crippen LogP contribution in [0.15, 0.2) is 174 Å². The van der Waals surface area contributed by atoms with Gasteiger partial charge in [-0.2, -0.15) is 0 Å². The maximum atomic E-state index is 6.69. The van der Waals surface area contributed by atoms with Crippen molar-refractivity contribution in [2.45, 2.75) is 0 Å². The molecule has 0 saturated carbocycles. The molecule has 0 aliphatic carbocycles. The van der Waals surface area contributed by atoms with Gasteiger partial charge in [0.1, 0.15) is 11.2 Å². The first kappa shape index (κ1) is 29.1. The zero-order valence-corrected chi connectivity index (χ0v) is 28.4. The first-order valence-corrected chi connectivity index (χ1v) is 17.9. The Kier molecular flexibility index (Phi) is 6.76. The van der Waals surface area contributed by atoms with Gasteiger partial charge in [-0.05, 0) is 88.3 Å². The molecule has 0 aliphatic rings. The summed E-state index contributed by atoms with van der Waals surface area (Å²) in [4.78, 5) is 2.44. The second-order valence-corrected chi connectivity index (χ2v) is 14.1. The summed E-state index contributed by atoms with van der Waals surface area (Å²) in [5.41, 5.74) is 9.69. The second kappa shape index (κ2) is 11.6. The first-order valence-electron chi connectivity index (χ1n) is 16.7. The highest BCUT2D eigenvalue weighted by Crippen LogP contribution is 2.48. The number of hydrogen-bond donors (Lipinski definition) is 0. The fourth-order valence-electron chi connectivity index (χ4n) is 7.46. The number of hydrogen-bond acceptors (Lipinski definition) is 3. The number of benzene rings is 8. The smallest absolute Gasteiger partial charge is 0.136 e. The monoisotopic (exact) mass is 677 g/mol. The molecule has 8 aromatic carbocycles. The lowest BCUT2D eigenvalue weighted by Crippen LogP contribution is -2.11. The van der Waals surface area contributed by atoms with Crippen LogP contribution >= 0.6 is 22.9 Å². The van der Waals surface area contributed by atoms with Crippen molar-refractivity contribution < 1.29 is 4.42 Å². The molecular weight excluding hydrogens is 650 g/mol. The average Bonchev–Trinajstić information content (AvgIpc) is 3.75. The number of nitrogens with zero attached hydrogens (tertiary/aromatic N) is 1. The maximum absolute atomic E-state index is 6.69. The van der Waals surface area contributed by atoms with Gasteiger partial charge in [-0.15, -0.1) is 11.3 Å². The zero-order valence-electron chi connectivity index (χ0n) is 26.8. The van der Waals surface area contributed by atoms with Crippen LogP contribution in [0.1, 0.15) is 0 Å². The molecule has 50 heavy (non-hydrogen) atoms. The minimum atomic E-state index is 0.697. The van der Waals surface area contributed by atoms with Gasteiger partial charge in [-0.25, -0.2) is 0 Å². The van der Waals surface area contributed by atoms with E-state index in [9.17, 15) is 0 Å². The van der Waals surface area contributed by atoms with Crippen molar-refractivity contribution >= 4 is 92.9 Å². The molecule has 0 atom stereocenters. The summed E-state index contributed by atoms with van der Waals surface area (Å²) in [5, 5.41) is 7.56. The Labute approximate surface area is 298 Å². The van der Waals surface area contributed by atoms with E-state index in [0.29, 0.717) is 5.02 Å². The summed E-state index contributed by atoms with van der Waals surface area (Å²) < 4.78 is 8.73. The van der Waals surface area contributed by atoms with Crippen LogP contribution in [0.25, 0.3) is 75.1 Å². The lowest BCUT2D eigenvalue weighted by Gasteiger charge is -2.28. The molecule has 0 unspecified atom stereocenters. The molecule has 10 rings (SSSR count). The van der Waals surface area contributed by atoms with Crippen molar-refractivity contribution in [2.24, 2.45) is 0 Å². The first-order chi connectivity index (χ1) is 24.7. The fraction of sp³-hybridized carbons (Fsp3) is 0. The van der Waals surface area contributed by atoms with Gasteiger partial charge >= 0.3 is 0 Å². The summed E-state index contributed by atoms with van der Waals surface area (Å²) in [6.45, 7) is 0. The Bertz CT molecular complexity index is 2890. The number of halogens is 1. The molecule has 236 valence electrons. The van der Waals surface area contributed by atoms with Crippen LogP contribution in [0.4, 0.5) is 17.1 Å². The molecule has 0 radical (unpaired) electrons. The van der Waals surface area contributed by atoms with Crippen molar-refractivity contribution in [3.63, 3.8) is 0 Å². The Hall–Kier alpha value is -5.87. The van der Waals surface area contributed by atoms with E-state index >= 15 is 0 Å². The lowest BCUT2D eigenvalue weighted by atomic mass is 9.95.